The molecule has 1 fully saturated rings. The molecule has 0 unspecified atom stereocenters. The van der Waals surface area contributed by atoms with Gasteiger partial charge in [-0.25, -0.2) is 13.2 Å². The zero-order valence-corrected chi connectivity index (χ0v) is 10.7. The maximum absolute atomic E-state index is 13.8. The van der Waals surface area contributed by atoms with Crippen molar-refractivity contribution in [3.63, 3.8) is 0 Å². The van der Waals surface area contributed by atoms with E-state index >= 15 is 0 Å². The first-order valence-corrected chi connectivity index (χ1v) is 6.18. The van der Waals surface area contributed by atoms with Gasteiger partial charge < -0.3 is 5.73 Å². The monoisotopic (exact) mass is 257 g/mol. The van der Waals surface area contributed by atoms with E-state index in [-0.39, 0.29) is 11.0 Å². The summed E-state index contributed by atoms with van der Waals surface area (Å²) in [5.74, 6) is -3.74. The smallest absolute Gasteiger partial charge is 0.194 e. The number of nitrogens with two attached hydrogens (primary N) is 1. The van der Waals surface area contributed by atoms with Crippen LogP contribution in [0.3, 0.4) is 0 Å². The van der Waals surface area contributed by atoms with E-state index in [0.717, 1.165) is 18.9 Å². The molecular weight excluding hydrogens is 239 g/mol. The van der Waals surface area contributed by atoms with Crippen LogP contribution in [0.4, 0.5) is 13.2 Å². The molecule has 0 spiro atoms. The first-order chi connectivity index (χ1) is 8.25. The minimum absolute atomic E-state index is 0.0944. The third-order valence-electron chi connectivity index (χ3n) is 4.07. The molecule has 1 nitrogen and oxygen atoms in total. The molecular formula is C14H18F3N. The van der Waals surface area contributed by atoms with Crippen molar-refractivity contribution in [1.29, 1.82) is 0 Å². The number of hydrogen-bond acceptors (Lipinski definition) is 1. The maximum atomic E-state index is 13.8. The van der Waals surface area contributed by atoms with Gasteiger partial charge in [0.2, 0.25) is 0 Å². The fraction of sp³-hybridized carbons (Fsp3) is 0.571. The van der Waals surface area contributed by atoms with Gasteiger partial charge in [0.15, 0.2) is 17.5 Å². The average Bonchev–Trinajstić information content (AvgIpc) is 2.31. The molecule has 1 aromatic carbocycles. The molecule has 18 heavy (non-hydrogen) atoms. The normalized spacial score (nSPS) is 21.9. The minimum Gasteiger partial charge on any atom is -0.321 e. The summed E-state index contributed by atoms with van der Waals surface area (Å²) in [7, 11) is 0. The summed E-state index contributed by atoms with van der Waals surface area (Å²) in [4.78, 5) is 0. The Morgan fingerprint density at radius 2 is 1.50 bits per heavy atom. The molecule has 0 radical (unpaired) electrons. The van der Waals surface area contributed by atoms with Gasteiger partial charge in [-0.1, -0.05) is 19.9 Å². The molecule has 4 heteroatoms. The highest BCUT2D eigenvalue weighted by atomic mass is 19.2. The Hall–Kier alpha value is -1.03. The van der Waals surface area contributed by atoms with Gasteiger partial charge >= 0.3 is 0 Å². The molecule has 2 rings (SSSR count). The van der Waals surface area contributed by atoms with Crippen molar-refractivity contribution in [2.75, 3.05) is 0 Å². The second kappa shape index (κ2) is 4.26. The molecule has 0 amide bonds. The van der Waals surface area contributed by atoms with E-state index in [1.165, 1.54) is 6.07 Å². The molecule has 1 aromatic rings. The Balaban J connectivity index is 2.35. The summed E-state index contributed by atoms with van der Waals surface area (Å²) in [6, 6.07) is 2.22. The predicted molar refractivity (Wildman–Crippen MR) is 64.4 cm³/mol. The average molecular weight is 257 g/mol. The van der Waals surface area contributed by atoms with Gasteiger partial charge in [0.1, 0.15) is 0 Å². The van der Waals surface area contributed by atoms with Crippen LogP contribution in [0, 0.1) is 22.9 Å². The number of hydrogen-bond donors (Lipinski definition) is 1. The number of rotatable bonds is 1. The van der Waals surface area contributed by atoms with Crippen molar-refractivity contribution in [2.45, 2.75) is 45.1 Å². The van der Waals surface area contributed by atoms with E-state index in [4.69, 9.17) is 5.73 Å². The first kappa shape index (κ1) is 13.4. The molecule has 0 aliphatic heterocycles. The quantitative estimate of drug-likeness (QED) is 0.760. The Bertz CT molecular complexity index is 458. The number of benzene rings is 1. The summed E-state index contributed by atoms with van der Waals surface area (Å²) in [6.45, 7) is 4.27. The molecule has 1 aliphatic carbocycles. The van der Waals surface area contributed by atoms with E-state index < -0.39 is 23.0 Å². The lowest BCUT2D eigenvalue weighted by Crippen LogP contribution is -2.43. The Kier molecular flexibility index (Phi) is 3.18. The third kappa shape index (κ3) is 2.26. The van der Waals surface area contributed by atoms with Gasteiger partial charge in [0.25, 0.3) is 0 Å². The fourth-order valence-corrected chi connectivity index (χ4v) is 2.55. The van der Waals surface area contributed by atoms with Gasteiger partial charge in [0.05, 0.1) is 0 Å². The maximum Gasteiger partial charge on any atom is 0.194 e. The van der Waals surface area contributed by atoms with Gasteiger partial charge in [-0.05, 0) is 37.2 Å². The van der Waals surface area contributed by atoms with Crippen molar-refractivity contribution in [2.24, 2.45) is 11.1 Å². The largest absolute Gasteiger partial charge is 0.321 e. The van der Waals surface area contributed by atoms with E-state index in [9.17, 15) is 13.2 Å². The second-order valence-electron chi connectivity index (χ2n) is 6.04. The van der Waals surface area contributed by atoms with Crippen LogP contribution < -0.4 is 5.73 Å². The molecule has 0 bridgehead atoms. The molecule has 100 valence electrons. The Labute approximate surface area is 105 Å². The lowest BCUT2D eigenvalue weighted by Gasteiger charge is -2.41. The van der Waals surface area contributed by atoms with Crippen LogP contribution in [-0.2, 0) is 5.54 Å². The SMILES string of the molecule is CC1(C)CCC(N)(c2ccc(F)c(F)c2F)CC1. The zero-order valence-electron chi connectivity index (χ0n) is 10.7. The van der Waals surface area contributed by atoms with Crippen molar-refractivity contribution < 1.29 is 13.2 Å². The minimum atomic E-state index is -1.43. The standard InChI is InChI=1S/C14H18F3N/c1-13(2)5-7-14(18,8-6-13)9-3-4-10(15)12(17)11(9)16/h3-4H,5-8,18H2,1-2H3. The second-order valence-corrected chi connectivity index (χ2v) is 6.04. The lowest BCUT2D eigenvalue weighted by molar-refractivity contribution is 0.161. The lowest BCUT2D eigenvalue weighted by atomic mass is 9.67. The van der Waals surface area contributed by atoms with E-state index in [1.807, 2.05) is 0 Å². The molecule has 2 N–H and O–H groups in total. The van der Waals surface area contributed by atoms with Gasteiger partial charge in [0, 0.05) is 11.1 Å². The molecule has 0 atom stereocenters. The zero-order chi connectivity index (χ0) is 13.6. The summed E-state index contributed by atoms with van der Waals surface area (Å²) in [6.07, 6.45) is 2.87. The summed E-state index contributed by atoms with van der Waals surface area (Å²) < 4.78 is 40.0. The van der Waals surface area contributed by atoms with Crippen LogP contribution in [-0.4, -0.2) is 0 Å². The molecule has 0 heterocycles. The predicted octanol–water partition coefficient (Wildman–Crippen LogP) is 3.86. The Morgan fingerprint density at radius 1 is 0.944 bits per heavy atom. The first-order valence-electron chi connectivity index (χ1n) is 6.18. The molecule has 0 aromatic heterocycles. The van der Waals surface area contributed by atoms with Gasteiger partial charge in [-0.3, -0.25) is 0 Å². The summed E-state index contributed by atoms with van der Waals surface area (Å²) in [5, 5.41) is 0. The highest BCUT2D eigenvalue weighted by Gasteiger charge is 2.39. The van der Waals surface area contributed by atoms with Crippen LogP contribution in [0.25, 0.3) is 0 Å². The van der Waals surface area contributed by atoms with Crippen molar-refractivity contribution in [3.8, 4) is 0 Å². The topological polar surface area (TPSA) is 26.0 Å². The molecule has 1 aliphatic rings. The Morgan fingerprint density at radius 3 is 2.06 bits per heavy atom. The van der Waals surface area contributed by atoms with Gasteiger partial charge in [-0.15, -0.1) is 0 Å². The number of halogens is 3. The van der Waals surface area contributed by atoms with Crippen molar-refractivity contribution >= 4 is 0 Å². The van der Waals surface area contributed by atoms with Crippen molar-refractivity contribution in [1.82, 2.24) is 0 Å². The fourth-order valence-electron chi connectivity index (χ4n) is 2.55. The van der Waals surface area contributed by atoms with Crippen LogP contribution in [0.1, 0.15) is 45.1 Å². The molecule has 0 saturated heterocycles. The van der Waals surface area contributed by atoms with Gasteiger partial charge in [-0.2, -0.15) is 0 Å². The summed E-state index contributed by atoms with van der Waals surface area (Å²) >= 11 is 0. The van der Waals surface area contributed by atoms with Crippen LogP contribution in [0.15, 0.2) is 12.1 Å². The van der Waals surface area contributed by atoms with Crippen molar-refractivity contribution in [3.05, 3.63) is 35.1 Å². The van der Waals surface area contributed by atoms with Crippen LogP contribution >= 0.6 is 0 Å². The van der Waals surface area contributed by atoms with Crippen LogP contribution in [0.2, 0.25) is 0 Å². The third-order valence-corrected chi connectivity index (χ3v) is 4.07. The highest BCUT2D eigenvalue weighted by Crippen LogP contribution is 2.44. The van der Waals surface area contributed by atoms with Crippen LogP contribution in [0.5, 0.6) is 0 Å². The van der Waals surface area contributed by atoms with E-state index in [0.29, 0.717) is 12.8 Å². The van der Waals surface area contributed by atoms with E-state index in [2.05, 4.69) is 13.8 Å². The highest BCUT2D eigenvalue weighted by molar-refractivity contribution is 5.28. The summed E-state index contributed by atoms with van der Waals surface area (Å²) in [5.41, 5.74) is 5.58. The van der Waals surface area contributed by atoms with E-state index in [1.54, 1.807) is 0 Å². The molecule has 1 saturated carbocycles.